The SMILES string of the molecule is CCOC(=O)CCc1cc(OC)c(O)cc1Br. The van der Waals surface area contributed by atoms with Gasteiger partial charge >= 0.3 is 5.97 Å². The predicted molar refractivity (Wildman–Crippen MR) is 67.3 cm³/mol. The molecule has 0 aliphatic carbocycles. The van der Waals surface area contributed by atoms with Crippen LogP contribution in [0.3, 0.4) is 0 Å². The van der Waals surface area contributed by atoms with Gasteiger partial charge < -0.3 is 14.6 Å². The molecule has 0 atom stereocenters. The minimum Gasteiger partial charge on any atom is -0.504 e. The third kappa shape index (κ3) is 3.93. The minimum absolute atomic E-state index is 0.0688. The van der Waals surface area contributed by atoms with Crippen molar-refractivity contribution in [2.75, 3.05) is 13.7 Å². The number of aryl methyl sites for hydroxylation is 1. The normalized spacial score (nSPS) is 10.1. The third-order valence-corrected chi connectivity index (χ3v) is 2.99. The van der Waals surface area contributed by atoms with E-state index in [2.05, 4.69) is 15.9 Å². The number of benzene rings is 1. The molecule has 0 spiro atoms. The lowest BCUT2D eigenvalue weighted by Gasteiger charge is -2.09. The molecule has 4 nitrogen and oxygen atoms in total. The van der Waals surface area contributed by atoms with E-state index in [9.17, 15) is 9.90 Å². The summed E-state index contributed by atoms with van der Waals surface area (Å²) in [5, 5.41) is 9.53. The molecule has 0 saturated carbocycles. The summed E-state index contributed by atoms with van der Waals surface area (Å²) in [7, 11) is 1.48. The number of esters is 1. The van der Waals surface area contributed by atoms with Gasteiger partial charge in [-0.2, -0.15) is 0 Å². The van der Waals surface area contributed by atoms with Crippen LogP contribution in [0.4, 0.5) is 0 Å². The summed E-state index contributed by atoms with van der Waals surface area (Å²) in [5.74, 6) is 0.234. The Hall–Kier alpha value is -1.23. The molecule has 0 heterocycles. The first-order valence-corrected chi connectivity index (χ1v) is 6.08. The first kappa shape index (κ1) is 13.8. The van der Waals surface area contributed by atoms with Gasteiger partial charge in [-0.15, -0.1) is 0 Å². The molecule has 1 aromatic carbocycles. The van der Waals surface area contributed by atoms with Gasteiger partial charge in [-0.3, -0.25) is 4.79 Å². The van der Waals surface area contributed by atoms with Crippen LogP contribution in [0.1, 0.15) is 18.9 Å². The number of phenols is 1. The highest BCUT2D eigenvalue weighted by molar-refractivity contribution is 9.10. The van der Waals surface area contributed by atoms with Crippen molar-refractivity contribution in [2.45, 2.75) is 19.8 Å². The average Bonchev–Trinajstić information content (AvgIpc) is 2.28. The maximum absolute atomic E-state index is 11.2. The maximum Gasteiger partial charge on any atom is 0.306 e. The Kier molecular flexibility index (Phi) is 5.28. The highest BCUT2D eigenvalue weighted by atomic mass is 79.9. The van der Waals surface area contributed by atoms with Gasteiger partial charge in [0, 0.05) is 10.9 Å². The number of aromatic hydroxyl groups is 1. The van der Waals surface area contributed by atoms with Crippen molar-refractivity contribution < 1.29 is 19.4 Å². The fourth-order valence-corrected chi connectivity index (χ4v) is 1.94. The number of methoxy groups -OCH3 is 1. The molecule has 0 radical (unpaired) electrons. The second kappa shape index (κ2) is 6.49. The highest BCUT2D eigenvalue weighted by Crippen LogP contribution is 2.32. The Bertz CT molecular complexity index is 404. The molecule has 0 unspecified atom stereocenters. The lowest BCUT2D eigenvalue weighted by Crippen LogP contribution is -2.05. The van der Waals surface area contributed by atoms with E-state index in [0.717, 1.165) is 10.0 Å². The molecule has 5 heteroatoms. The van der Waals surface area contributed by atoms with Crippen LogP contribution in [0.5, 0.6) is 11.5 Å². The molecule has 1 N–H and O–H groups in total. The fourth-order valence-electron chi connectivity index (χ4n) is 1.41. The second-order valence-corrected chi connectivity index (χ2v) is 4.27. The molecule has 0 aliphatic rings. The molecule has 0 amide bonds. The number of ether oxygens (including phenoxy) is 2. The number of hydrogen-bond donors (Lipinski definition) is 1. The molecule has 0 saturated heterocycles. The summed E-state index contributed by atoms with van der Waals surface area (Å²) < 4.78 is 10.6. The molecule has 17 heavy (non-hydrogen) atoms. The first-order chi connectivity index (χ1) is 8.08. The molecule has 1 aromatic rings. The molecule has 94 valence electrons. The largest absolute Gasteiger partial charge is 0.504 e. The van der Waals surface area contributed by atoms with Crippen LogP contribution in [0, 0.1) is 0 Å². The maximum atomic E-state index is 11.2. The molecule has 0 fully saturated rings. The van der Waals surface area contributed by atoms with E-state index >= 15 is 0 Å². The molecule has 1 rings (SSSR count). The van der Waals surface area contributed by atoms with Gasteiger partial charge in [0.25, 0.3) is 0 Å². The highest BCUT2D eigenvalue weighted by Gasteiger charge is 2.10. The number of carbonyl (C=O) groups is 1. The summed E-state index contributed by atoms with van der Waals surface area (Å²) in [4.78, 5) is 11.2. The van der Waals surface area contributed by atoms with Crippen LogP contribution < -0.4 is 4.74 Å². The smallest absolute Gasteiger partial charge is 0.306 e. The molecule has 0 aliphatic heterocycles. The molecular weight excluding hydrogens is 288 g/mol. The van der Waals surface area contributed by atoms with E-state index in [1.165, 1.54) is 7.11 Å². The Labute approximate surface area is 109 Å². The quantitative estimate of drug-likeness (QED) is 0.850. The zero-order chi connectivity index (χ0) is 12.8. The molecular formula is C12H15BrO4. The van der Waals surface area contributed by atoms with Crippen molar-refractivity contribution in [2.24, 2.45) is 0 Å². The Balaban J connectivity index is 2.74. The van der Waals surface area contributed by atoms with Crippen molar-refractivity contribution in [3.8, 4) is 11.5 Å². The minimum atomic E-state index is -0.230. The van der Waals surface area contributed by atoms with Crippen LogP contribution >= 0.6 is 15.9 Å². The zero-order valence-electron chi connectivity index (χ0n) is 9.83. The van der Waals surface area contributed by atoms with Crippen molar-refractivity contribution >= 4 is 21.9 Å². The van der Waals surface area contributed by atoms with Gasteiger partial charge in [0.1, 0.15) is 0 Å². The van der Waals surface area contributed by atoms with E-state index in [-0.39, 0.29) is 11.7 Å². The van der Waals surface area contributed by atoms with Crippen molar-refractivity contribution in [1.29, 1.82) is 0 Å². The number of phenolic OH excluding ortho intramolecular Hbond substituents is 1. The van der Waals surface area contributed by atoms with Crippen LogP contribution in [0.2, 0.25) is 0 Å². The lowest BCUT2D eigenvalue weighted by atomic mass is 10.1. The standard InChI is InChI=1S/C12H15BrO4/c1-3-17-12(15)5-4-8-6-11(16-2)10(14)7-9(8)13/h6-7,14H,3-5H2,1-2H3. The number of carbonyl (C=O) groups excluding carboxylic acids is 1. The van der Waals surface area contributed by atoms with Crippen molar-refractivity contribution in [3.63, 3.8) is 0 Å². The summed E-state index contributed by atoms with van der Waals surface area (Å²) in [5.41, 5.74) is 0.896. The fraction of sp³-hybridized carbons (Fsp3) is 0.417. The second-order valence-electron chi connectivity index (χ2n) is 3.42. The zero-order valence-corrected chi connectivity index (χ0v) is 11.4. The van der Waals surface area contributed by atoms with Gasteiger partial charge in [0.2, 0.25) is 0 Å². The van der Waals surface area contributed by atoms with Crippen molar-refractivity contribution in [1.82, 2.24) is 0 Å². The number of hydrogen-bond acceptors (Lipinski definition) is 4. The van der Waals surface area contributed by atoms with E-state index in [0.29, 0.717) is 25.2 Å². The van der Waals surface area contributed by atoms with E-state index in [1.54, 1.807) is 19.1 Å². The Morgan fingerprint density at radius 1 is 1.47 bits per heavy atom. The van der Waals surface area contributed by atoms with Crippen LogP contribution in [-0.4, -0.2) is 24.8 Å². The summed E-state index contributed by atoms with van der Waals surface area (Å²) in [6, 6.07) is 3.26. The monoisotopic (exact) mass is 302 g/mol. The summed E-state index contributed by atoms with van der Waals surface area (Å²) in [6.07, 6.45) is 0.844. The van der Waals surface area contributed by atoms with Gasteiger partial charge in [-0.25, -0.2) is 0 Å². The van der Waals surface area contributed by atoms with Gasteiger partial charge in [-0.05, 0) is 31.0 Å². The average molecular weight is 303 g/mol. The Morgan fingerprint density at radius 3 is 2.76 bits per heavy atom. The number of rotatable bonds is 5. The predicted octanol–water partition coefficient (Wildman–Crippen LogP) is 2.66. The lowest BCUT2D eigenvalue weighted by molar-refractivity contribution is -0.143. The van der Waals surface area contributed by atoms with Gasteiger partial charge in [-0.1, -0.05) is 15.9 Å². The van der Waals surface area contributed by atoms with Crippen LogP contribution in [-0.2, 0) is 16.0 Å². The third-order valence-electron chi connectivity index (χ3n) is 2.25. The number of halogens is 1. The Morgan fingerprint density at radius 2 is 2.18 bits per heavy atom. The van der Waals surface area contributed by atoms with Crippen LogP contribution in [0.15, 0.2) is 16.6 Å². The van der Waals surface area contributed by atoms with Gasteiger partial charge in [0.15, 0.2) is 11.5 Å². The topological polar surface area (TPSA) is 55.8 Å². The van der Waals surface area contributed by atoms with E-state index in [4.69, 9.17) is 9.47 Å². The first-order valence-electron chi connectivity index (χ1n) is 5.29. The van der Waals surface area contributed by atoms with E-state index < -0.39 is 0 Å². The van der Waals surface area contributed by atoms with Crippen LogP contribution in [0.25, 0.3) is 0 Å². The van der Waals surface area contributed by atoms with E-state index in [1.807, 2.05) is 0 Å². The summed E-state index contributed by atoms with van der Waals surface area (Å²) >= 11 is 3.33. The van der Waals surface area contributed by atoms with Crippen molar-refractivity contribution in [3.05, 3.63) is 22.2 Å². The molecule has 0 aromatic heterocycles. The van der Waals surface area contributed by atoms with Gasteiger partial charge in [0.05, 0.1) is 13.7 Å². The summed E-state index contributed by atoms with van der Waals surface area (Å²) in [6.45, 7) is 2.16. The molecule has 0 bridgehead atoms.